The van der Waals surface area contributed by atoms with Crippen LogP contribution in [0.25, 0.3) is 0 Å². The molecule has 1 aromatic carbocycles. The van der Waals surface area contributed by atoms with Gasteiger partial charge in [-0.1, -0.05) is 6.07 Å². The lowest BCUT2D eigenvalue weighted by molar-refractivity contribution is -0.189. The molecule has 0 saturated carbocycles. The van der Waals surface area contributed by atoms with Gasteiger partial charge >= 0.3 is 24.4 Å². The van der Waals surface area contributed by atoms with E-state index in [1.807, 2.05) is 0 Å². The maximum absolute atomic E-state index is 13.3. The molecule has 1 saturated heterocycles. The highest BCUT2D eigenvalue weighted by Gasteiger charge is 2.46. The standard InChI is InChI=1S/C20H23F7N2O3/c1-18(2,3)32-17(31)28-8-6-14(7-9-28)29(16(30)20(25,26)27)11-12-4-5-13(21)10-15(12)19(22,23)24/h4-5,10,14H,6-9,11H2,1-3H3. The molecular weight excluding hydrogens is 449 g/mol. The molecule has 1 aromatic rings. The average Bonchev–Trinajstić information content (AvgIpc) is 2.64. The number of amides is 2. The third kappa shape index (κ3) is 6.73. The number of hydrogen-bond donors (Lipinski definition) is 0. The second-order valence-corrected chi connectivity index (χ2v) is 8.43. The summed E-state index contributed by atoms with van der Waals surface area (Å²) >= 11 is 0. The molecule has 32 heavy (non-hydrogen) atoms. The molecule has 5 nitrogen and oxygen atoms in total. The Balaban J connectivity index is 2.26. The van der Waals surface area contributed by atoms with Gasteiger partial charge in [-0.25, -0.2) is 9.18 Å². The van der Waals surface area contributed by atoms with Gasteiger partial charge in [0.2, 0.25) is 0 Å². The highest BCUT2D eigenvalue weighted by Crippen LogP contribution is 2.35. The van der Waals surface area contributed by atoms with Gasteiger partial charge in [0.15, 0.2) is 0 Å². The summed E-state index contributed by atoms with van der Waals surface area (Å²) in [4.78, 5) is 25.8. The fourth-order valence-corrected chi connectivity index (χ4v) is 3.35. The van der Waals surface area contributed by atoms with Crippen molar-refractivity contribution in [3.63, 3.8) is 0 Å². The summed E-state index contributed by atoms with van der Waals surface area (Å²) in [6.45, 7) is 3.82. The first-order chi connectivity index (χ1) is 14.5. The van der Waals surface area contributed by atoms with Crippen LogP contribution >= 0.6 is 0 Å². The molecule has 12 heteroatoms. The highest BCUT2D eigenvalue weighted by molar-refractivity contribution is 5.82. The smallest absolute Gasteiger partial charge is 0.444 e. The van der Waals surface area contributed by atoms with Gasteiger partial charge in [-0.2, -0.15) is 26.3 Å². The largest absolute Gasteiger partial charge is 0.471 e. The van der Waals surface area contributed by atoms with E-state index in [0.29, 0.717) is 17.0 Å². The zero-order valence-electron chi connectivity index (χ0n) is 17.6. The first-order valence-corrected chi connectivity index (χ1v) is 9.70. The topological polar surface area (TPSA) is 49.9 Å². The summed E-state index contributed by atoms with van der Waals surface area (Å²) in [6, 6.07) is 0.502. The predicted molar refractivity (Wildman–Crippen MR) is 98.8 cm³/mol. The number of halogens is 7. The number of carbonyl (C=O) groups excluding carboxylic acids is 2. The van der Waals surface area contributed by atoms with Crippen molar-refractivity contribution in [2.24, 2.45) is 0 Å². The number of rotatable bonds is 3. The van der Waals surface area contributed by atoms with Gasteiger partial charge in [0, 0.05) is 25.7 Å². The van der Waals surface area contributed by atoms with Crippen LogP contribution in [-0.2, 0) is 22.3 Å². The molecule has 180 valence electrons. The third-order valence-corrected chi connectivity index (χ3v) is 4.78. The van der Waals surface area contributed by atoms with E-state index in [4.69, 9.17) is 4.74 Å². The molecule has 2 rings (SSSR count). The van der Waals surface area contributed by atoms with E-state index in [1.54, 1.807) is 20.8 Å². The molecule has 0 spiro atoms. The van der Waals surface area contributed by atoms with Crippen LogP contribution in [0.2, 0.25) is 0 Å². The first kappa shape index (κ1) is 25.7. The molecule has 1 aliphatic heterocycles. The predicted octanol–water partition coefficient (Wildman–Crippen LogP) is 5.13. The lowest BCUT2D eigenvalue weighted by Crippen LogP contribution is -2.52. The monoisotopic (exact) mass is 472 g/mol. The number of hydrogen-bond acceptors (Lipinski definition) is 3. The molecule has 0 unspecified atom stereocenters. The van der Waals surface area contributed by atoms with Gasteiger partial charge in [0.25, 0.3) is 0 Å². The highest BCUT2D eigenvalue weighted by atomic mass is 19.4. The third-order valence-electron chi connectivity index (χ3n) is 4.78. The molecule has 0 bridgehead atoms. The number of benzene rings is 1. The van der Waals surface area contributed by atoms with E-state index in [0.717, 1.165) is 0 Å². The lowest BCUT2D eigenvalue weighted by atomic mass is 10.00. The van der Waals surface area contributed by atoms with Crippen molar-refractivity contribution in [2.75, 3.05) is 13.1 Å². The van der Waals surface area contributed by atoms with Gasteiger partial charge in [-0.3, -0.25) is 4.79 Å². The van der Waals surface area contributed by atoms with E-state index in [1.165, 1.54) is 4.90 Å². The summed E-state index contributed by atoms with van der Waals surface area (Å²) < 4.78 is 98.0. The first-order valence-electron chi connectivity index (χ1n) is 9.70. The second kappa shape index (κ2) is 9.14. The Morgan fingerprint density at radius 1 is 1.06 bits per heavy atom. The van der Waals surface area contributed by atoms with Crippen LogP contribution in [0.3, 0.4) is 0 Å². The average molecular weight is 472 g/mol. The minimum Gasteiger partial charge on any atom is -0.444 e. The summed E-state index contributed by atoms with van der Waals surface area (Å²) in [7, 11) is 0. The Kier molecular flexibility index (Phi) is 7.35. The number of ether oxygens (including phenoxy) is 1. The summed E-state index contributed by atoms with van der Waals surface area (Å²) in [6.07, 6.45) is -11.2. The van der Waals surface area contributed by atoms with Crippen molar-refractivity contribution in [1.82, 2.24) is 9.80 Å². The Morgan fingerprint density at radius 3 is 2.09 bits per heavy atom. The van der Waals surface area contributed by atoms with E-state index in [9.17, 15) is 40.3 Å². The van der Waals surface area contributed by atoms with Crippen LogP contribution < -0.4 is 0 Å². The Hall–Kier alpha value is -2.53. The van der Waals surface area contributed by atoms with Crippen molar-refractivity contribution >= 4 is 12.0 Å². The van der Waals surface area contributed by atoms with Crippen molar-refractivity contribution in [2.45, 2.75) is 64.2 Å². The number of piperidine rings is 1. The van der Waals surface area contributed by atoms with E-state index in [2.05, 4.69) is 0 Å². The Morgan fingerprint density at radius 2 is 1.62 bits per heavy atom. The Bertz CT molecular complexity index is 839. The number of nitrogens with zero attached hydrogens (tertiary/aromatic N) is 2. The van der Waals surface area contributed by atoms with Crippen LogP contribution in [0.1, 0.15) is 44.7 Å². The maximum atomic E-state index is 13.3. The lowest BCUT2D eigenvalue weighted by Gasteiger charge is -2.39. The van der Waals surface area contributed by atoms with Crippen LogP contribution in [0.4, 0.5) is 35.5 Å². The summed E-state index contributed by atoms with van der Waals surface area (Å²) in [5.41, 5.74) is -2.90. The van der Waals surface area contributed by atoms with Crippen LogP contribution in [0, 0.1) is 5.82 Å². The molecule has 1 fully saturated rings. The Labute approximate surface area is 180 Å². The van der Waals surface area contributed by atoms with Gasteiger partial charge in [-0.05, 0) is 51.3 Å². The SMILES string of the molecule is CC(C)(C)OC(=O)N1CCC(N(Cc2ccc(F)cc2C(F)(F)F)C(=O)C(F)(F)F)CC1. The van der Waals surface area contributed by atoms with Gasteiger partial charge < -0.3 is 14.5 Å². The normalized spacial score (nSPS) is 16.1. The minimum atomic E-state index is -5.32. The second-order valence-electron chi connectivity index (χ2n) is 8.43. The van der Waals surface area contributed by atoms with Crippen LogP contribution in [0.5, 0.6) is 0 Å². The van der Waals surface area contributed by atoms with Crippen molar-refractivity contribution in [1.29, 1.82) is 0 Å². The molecule has 0 atom stereocenters. The summed E-state index contributed by atoms with van der Waals surface area (Å²) in [5, 5.41) is 0. The van der Waals surface area contributed by atoms with Crippen molar-refractivity contribution < 1.29 is 45.1 Å². The fraction of sp³-hybridized carbons (Fsp3) is 0.600. The molecule has 2 amide bonds. The molecule has 0 aromatic heterocycles. The fourth-order valence-electron chi connectivity index (χ4n) is 3.35. The number of likely N-dealkylation sites (tertiary alicyclic amines) is 1. The quantitative estimate of drug-likeness (QED) is 0.573. The maximum Gasteiger partial charge on any atom is 0.471 e. The molecule has 0 N–H and O–H groups in total. The molecule has 0 radical (unpaired) electrons. The molecule has 0 aliphatic carbocycles. The van der Waals surface area contributed by atoms with E-state index in [-0.39, 0.29) is 32.0 Å². The molecular formula is C20H23F7N2O3. The van der Waals surface area contributed by atoms with Crippen LogP contribution in [-0.4, -0.2) is 52.7 Å². The molecule has 1 heterocycles. The number of alkyl halides is 6. The van der Waals surface area contributed by atoms with E-state index >= 15 is 0 Å². The zero-order valence-corrected chi connectivity index (χ0v) is 17.6. The number of carbonyl (C=O) groups is 2. The minimum absolute atomic E-state index is 0.0449. The van der Waals surface area contributed by atoms with Crippen molar-refractivity contribution in [3.05, 3.63) is 35.1 Å². The summed E-state index contributed by atoms with van der Waals surface area (Å²) in [5.74, 6) is -3.51. The van der Waals surface area contributed by atoms with Gasteiger partial charge in [0.05, 0.1) is 5.56 Å². The van der Waals surface area contributed by atoms with Crippen molar-refractivity contribution in [3.8, 4) is 0 Å². The van der Waals surface area contributed by atoms with E-state index < -0.39 is 59.5 Å². The van der Waals surface area contributed by atoms with Crippen LogP contribution in [0.15, 0.2) is 18.2 Å². The molecule has 1 aliphatic rings. The zero-order chi connectivity index (χ0) is 24.5. The van der Waals surface area contributed by atoms with Gasteiger partial charge in [0.1, 0.15) is 11.4 Å². The van der Waals surface area contributed by atoms with Gasteiger partial charge in [-0.15, -0.1) is 0 Å².